The van der Waals surface area contributed by atoms with Crippen molar-refractivity contribution in [2.45, 2.75) is 26.3 Å². The maximum Gasteiger partial charge on any atom is 0.101 e. The lowest BCUT2D eigenvalue weighted by atomic mass is 10.0. The fourth-order valence-electron chi connectivity index (χ4n) is 2.17. The summed E-state index contributed by atoms with van der Waals surface area (Å²) in [5.41, 5.74) is 3.96. The first-order valence-corrected chi connectivity index (χ1v) is 6.57. The van der Waals surface area contributed by atoms with E-state index in [0.29, 0.717) is 5.56 Å². The van der Waals surface area contributed by atoms with Crippen molar-refractivity contribution in [3.8, 4) is 6.07 Å². The van der Waals surface area contributed by atoms with Crippen LogP contribution in [-0.4, -0.2) is 0 Å². The van der Waals surface area contributed by atoms with Gasteiger partial charge in [0.25, 0.3) is 0 Å². The van der Waals surface area contributed by atoms with Crippen LogP contribution in [0.3, 0.4) is 0 Å². The van der Waals surface area contributed by atoms with Crippen molar-refractivity contribution in [2.75, 3.05) is 5.32 Å². The molecule has 1 N–H and O–H groups in total. The fraction of sp³-hybridized carbons (Fsp3) is 0.235. The quantitative estimate of drug-likeness (QED) is 0.871. The third kappa shape index (κ3) is 3.14. The van der Waals surface area contributed by atoms with Gasteiger partial charge in [0.2, 0.25) is 0 Å². The minimum absolute atomic E-state index is 0.232. The minimum atomic E-state index is 0.232. The lowest BCUT2D eigenvalue weighted by Gasteiger charge is -2.19. The number of hydrogen-bond acceptors (Lipinski definition) is 2. The first-order valence-electron chi connectivity index (χ1n) is 6.57. The molecule has 2 nitrogen and oxygen atoms in total. The van der Waals surface area contributed by atoms with Crippen molar-refractivity contribution < 1.29 is 0 Å². The van der Waals surface area contributed by atoms with Crippen molar-refractivity contribution in [3.05, 3.63) is 65.2 Å². The molecule has 0 aromatic heterocycles. The highest BCUT2D eigenvalue weighted by molar-refractivity contribution is 5.59. The third-order valence-corrected chi connectivity index (χ3v) is 3.24. The van der Waals surface area contributed by atoms with Crippen LogP contribution in [0.4, 0.5) is 5.69 Å². The summed E-state index contributed by atoms with van der Waals surface area (Å²) in [5.74, 6) is 0. The van der Waals surface area contributed by atoms with E-state index in [1.807, 2.05) is 43.3 Å². The van der Waals surface area contributed by atoms with E-state index in [0.717, 1.165) is 17.7 Å². The van der Waals surface area contributed by atoms with Gasteiger partial charge >= 0.3 is 0 Å². The number of anilines is 1. The van der Waals surface area contributed by atoms with Gasteiger partial charge in [-0.15, -0.1) is 0 Å². The van der Waals surface area contributed by atoms with E-state index >= 15 is 0 Å². The number of nitrogens with zero attached hydrogens (tertiary/aromatic N) is 1. The Morgan fingerprint density at radius 2 is 1.89 bits per heavy atom. The molecule has 19 heavy (non-hydrogen) atoms. The van der Waals surface area contributed by atoms with Crippen LogP contribution in [0.2, 0.25) is 0 Å². The summed E-state index contributed by atoms with van der Waals surface area (Å²) in [5, 5.41) is 12.7. The zero-order valence-electron chi connectivity index (χ0n) is 11.4. The zero-order chi connectivity index (χ0) is 13.7. The van der Waals surface area contributed by atoms with E-state index in [9.17, 15) is 5.26 Å². The first-order chi connectivity index (χ1) is 9.24. The number of hydrogen-bond donors (Lipinski definition) is 1. The summed E-state index contributed by atoms with van der Waals surface area (Å²) >= 11 is 0. The lowest BCUT2D eigenvalue weighted by molar-refractivity contribution is 0.749. The second-order valence-corrected chi connectivity index (χ2v) is 4.68. The second-order valence-electron chi connectivity index (χ2n) is 4.68. The Morgan fingerprint density at radius 3 is 2.53 bits per heavy atom. The van der Waals surface area contributed by atoms with E-state index in [4.69, 9.17) is 0 Å². The van der Waals surface area contributed by atoms with Gasteiger partial charge in [-0.25, -0.2) is 0 Å². The average Bonchev–Trinajstić information content (AvgIpc) is 2.46. The van der Waals surface area contributed by atoms with Crippen LogP contribution in [0, 0.1) is 18.3 Å². The van der Waals surface area contributed by atoms with E-state index in [1.54, 1.807) is 0 Å². The van der Waals surface area contributed by atoms with Crippen LogP contribution >= 0.6 is 0 Å². The monoisotopic (exact) mass is 250 g/mol. The Labute approximate surface area is 114 Å². The van der Waals surface area contributed by atoms with Crippen LogP contribution in [-0.2, 0) is 0 Å². The molecule has 0 spiro atoms. The largest absolute Gasteiger partial charge is 0.377 e. The molecule has 96 valence electrons. The molecule has 0 aliphatic rings. The maximum atomic E-state index is 9.21. The molecule has 2 aromatic rings. The molecule has 0 heterocycles. The molecular formula is C17H18N2. The SMILES string of the molecule is CCC(Nc1ccc(C)cc1C#N)c1ccccc1. The zero-order valence-corrected chi connectivity index (χ0v) is 11.4. The molecule has 0 bridgehead atoms. The smallest absolute Gasteiger partial charge is 0.101 e. The van der Waals surface area contributed by atoms with Gasteiger partial charge in [-0.2, -0.15) is 5.26 Å². The molecule has 0 saturated heterocycles. The molecule has 0 radical (unpaired) electrons. The molecule has 0 aliphatic carbocycles. The first kappa shape index (κ1) is 13.2. The second kappa shape index (κ2) is 6.06. The summed E-state index contributed by atoms with van der Waals surface area (Å²) in [6.07, 6.45) is 0.975. The summed E-state index contributed by atoms with van der Waals surface area (Å²) in [4.78, 5) is 0. The Hall–Kier alpha value is -2.27. The number of benzene rings is 2. The summed E-state index contributed by atoms with van der Waals surface area (Å²) in [6.45, 7) is 4.14. The number of aryl methyl sites for hydroxylation is 1. The summed E-state index contributed by atoms with van der Waals surface area (Å²) in [7, 11) is 0. The highest BCUT2D eigenvalue weighted by Gasteiger charge is 2.10. The molecule has 0 aliphatic heterocycles. The molecule has 2 aromatic carbocycles. The third-order valence-electron chi connectivity index (χ3n) is 3.24. The van der Waals surface area contributed by atoms with Gasteiger partial charge in [-0.1, -0.05) is 43.3 Å². The lowest BCUT2D eigenvalue weighted by Crippen LogP contribution is -2.10. The van der Waals surface area contributed by atoms with Crippen molar-refractivity contribution in [2.24, 2.45) is 0 Å². The Kier molecular flexibility index (Phi) is 4.20. The topological polar surface area (TPSA) is 35.8 Å². The highest BCUT2D eigenvalue weighted by Crippen LogP contribution is 2.25. The Bertz CT molecular complexity index is 582. The molecule has 0 saturated carbocycles. The van der Waals surface area contributed by atoms with Crippen molar-refractivity contribution in [3.63, 3.8) is 0 Å². The predicted molar refractivity (Wildman–Crippen MR) is 79.0 cm³/mol. The van der Waals surface area contributed by atoms with E-state index in [2.05, 4.69) is 30.4 Å². The molecule has 2 rings (SSSR count). The van der Waals surface area contributed by atoms with Crippen LogP contribution in [0.1, 0.15) is 36.1 Å². The van der Waals surface area contributed by atoms with Crippen LogP contribution in [0.5, 0.6) is 0 Å². The summed E-state index contributed by atoms with van der Waals surface area (Å²) in [6, 6.07) is 18.7. The van der Waals surface area contributed by atoms with Crippen molar-refractivity contribution in [1.29, 1.82) is 5.26 Å². The van der Waals surface area contributed by atoms with Crippen LogP contribution in [0.15, 0.2) is 48.5 Å². The predicted octanol–water partition coefficient (Wildman–Crippen LogP) is 4.43. The minimum Gasteiger partial charge on any atom is -0.377 e. The molecular weight excluding hydrogens is 232 g/mol. The average molecular weight is 250 g/mol. The van der Waals surface area contributed by atoms with Gasteiger partial charge in [0.15, 0.2) is 0 Å². The van der Waals surface area contributed by atoms with Gasteiger partial charge < -0.3 is 5.32 Å². The number of rotatable bonds is 4. The van der Waals surface area contributed by atoms with E-state index in [-0.39, 0.29) is 6.04 Å². The van der Waals surface area contributed by atoms with E-state index < -0.39 is 0 Å². The highest BCUT2D eigenvalue weighted by atomic mass is 14.9. The Morgan fingerprint density at radius 1 is 1.16 bits per heavy atom. The molecule has 2 heteroatoms. The van der Waals surface area contributed by atoms with Crippen LogP contribution in [0.25, 0.3) is 0 Å². The molecule has 0 fully saturated rings. The van der Waals surface area contributed by atoms with Gasteiger partial charge in [-0.3, -0.25) is 0 Å². The Balaban J connectivity index is 2.27. The molecule has 0 amide bonds. The standard InChI is InChI=1S/C17H18N2/c1-3-16(14-7-5-4-6-8-14)19-17-10-9-13(2)11-15(17)12-18/h4-11,16,19H,3H2,1-2H3. The summed E-state index contributed by atoms with van der Waals surface area (Å²) < 4.78 is 0. The van der Waals surface area contributed by atoms with E-state index in [1.165, 1.54) is 5.56 Å². The number of nitriles is 1. The fourth-order valence-corrected chi connectivity index (χ4v) is 2.17. The molecule has 1 atom stereocenters. The normalized spacial score (nSPS) is 11.6. The van der Waals surface area contributed by atoms with Crippen LogP contribution < -0.4 is 5.32 Å². The number of nitrogens with one attached hydrogen (secondary N) is 1. The van der Waals surface area contributed by atoms with Crippen molar-refractivity contribution >= 4 is 5.69 Å². The maximum absolute atomic E-state index is 9.21. The van der Waals surface area contributed by atoms with Gasteiger partial charge in [0.1, 0.15) is 6.07 Å². The van der Waals surface area contributed by atoms with Gasteiger partial charge in [0, 0.05) is 0 Å². The van der Waals surface area contributed by atoms with Gasteiger partial charge in [-0.05, 0) is 36.6 Å². The molecule has 1 unspecified atom stereocenters. The van der Waals surface area contributed by atoms with Crippen molar-refractivity contribution in [1.82, 2.24) is 0 Å². The van der Waals surface area contributed by atoms with Gasteiger partial charge in [0.05, 0.1) is 17.3 Å².